The highest BCUT2D eigenvalue weighted by Gasteiger charge is 2.16. The zero-order chi connectivity index (χ0) is 17.5. The molecule has 2 heterocycles. The minimum absolute atomic E-state index is 0.218. The number of pyridine rings is 1. The summed E-state index contributed by atoms with van der Waals surface area (Å²) >= 11 is 0. The van der Waals surface area contributed by atoms with Gasteiger partial charge in [0.25, 0.3) is 0 Å². The Morgan fingerprint density at radius 2 is 2.33 bits per heavy atom. The molecule has 0 unspecified atom stereocenters. The van der Waals surface area contributed by atoms with Gasteiger partial charge >= 0.3 is 5.97 Å². The average molecular weight is 328 g/mol. The van der Waals surface area contributed by atoms with Crippen molar-refractivity contribution in [2.24, 2.45) is 0 Å². The monoisotopic (exact) mass is 328 g/mol. The number of nitrogen functional groups attached to an aromatic ring is 1. The van der Waals surface area contributed by atoms with Gasteiger partial charge in [-0.1, -0.05) is 0 Å². The number of carbonyl (C=O) groups excluding carboxylic acids is 1. The van der Waals surface area contributed by atoms with Crippen molar-refractivity contribution in [2.45, 2.75) is 19.8 Å². The third-order valence-electron chi connectivity index (χ3n) is 3.54. The molecule has 24 heavy (non-hydrogen) atoms. The van der Waals surface area contributed by atoms with E-state index in [0.717, 1.165) is 12.1 Å². The SMILES string of the molecule is CCOC(=O)c1cccnc1N(C)CCCc1[nH]nc(N)c1C#N. The first kappa shape index (κ1) is 17.3. The first-order chi connectivity index (χ1) is 11.6. The molecule has 0 bridgehead atoms. The predicted molar refractivity (Wildman–Crippen MR) is 89.5 cm³/mol. The summed E-state index contributed by atoms with van der Waals surface area (Å²) in [7, 11) is 1.86. The van der Waals surface area contributed by atoms with Gasteiger partial charge in [-0.15, -0.1) is 0 Å². The van der Waals surface area contributed by atoms with Gasteiger partial charge in [0.2, 0.25) is 0 Å². The van der Waals surface area contributed by atoms with Crippen LogP contribution >= 0.6 is 0 Å². The largest absolute Gasteiger partial charge is 0.462 e. The lowest BCUT2D eigenvalue weighted by Crippen LogP contribution is -2.23. The van der Waals surface area contributed by atoms with Crippen LogP contribution in [0.3, 0.4) is 0 Å². The molecule has 0 fully saturated rings. The van der Waals surface area contributed by atoms with Gasteiger partial charge in [-0.25, -0.2) is 9.78 Å². The molecule has 0 saturated heterocycles. The van der Waals surface area contributed by atoms with Crippen LogP contribution in [0.1, 0.15) is 35.0 Å². The zero-order valence-electron chi connectivity index (χ0n) is 13.7. The molecule has 0 saturated carbocycles. The van der Waals surface area contributed by atoms with Gasteiger partial charge < -0.3 is 15.4 Å². The first-order valence-corrected chi connectivity index (χ1v) is 7.64. The summed E-state index contributed by atoms with van der Waals surface area (Å²) in [4.78, 5) is 18.2. The van der Waals surface area contributed by atoms with Gasteiger partial charge in [-0.3, -0.25) is 5.10 Å². The normalized spacial score (nSPS) is 10.2. The lowest BCUT2D eigenvalue weighted by atomic mass is 10.1. The standard InChI is InChI=1S/C16H20N6O2/c1-3-24-16(23)11-6-4-8-19-15(11)22(2)9-5-7-13-12(10-17)14(18)21-20-13/h4,6,8H,3,5,7,9H2,1-2H3,(H3,18,20,21). The Morgan fingerprint density at radius 3 is 3.04 bits per heavy atom. The predicted octanol–water partition coefficient (Wildman–Crippen LogP) is 1.50. The van der Waals surface area contributed by atoms with E-state index in [1.54, 1.807) is 25.3 Å². The van der Waals surface area contributed by atoms with Gasteiger partial charge in [0.1, 0.15) is 23.0 Å². The maximum Gasteiger partial charge on any atom is 0.341 e. The Hall–Kier alpha value is -3.08. The number of H-pyrrole nitrogens is 1. The molecule has 0 radical (unpaired) electrons. The molecule has 8 nitrogen and oxygen atoms in total. The van der Waals surface area contributed by atoms with Crippen molar-refractivity contribution < 1.29 is 9.53 Å². The van der Waals surface area contributed by atoms with Gasteiger partial charge in [0.05, 0.1) is 12.3 Å². The number of nitriles is 1. The highest BCUT2D eigenvalue weighted by molar-refractivity contribution is 5.94. The molecule has 2 aromatic heterocycles. The smallest absolute Gasteiger partial charge is 0.341 e. The van der Waals surface area contributed by atoms with Crippen molar-refractivity contribution in [1.82, 2.24) is 15.2 Å². The summed E-state index contributed by atoms with van der Waals surface area (Å²) < 4.78 is 5.06. The Balaban J connectivity index is 2.02. The van der Waals surface area contributed by atoms with Crippen molar-refractivity contribution >= 4 is 17.6 Å². The van der Waals surface area contributed by atoms with E-state index >= 15 is 0 Å². The molecule has 0 aliphatic carbocycles. The van der Waals surface area contributed by atoms with Crippen LogP contribution in [0.25, 0.3) is 0 Å². The van der Waals surface area contributed by atoms with E-state index in [2.05, 4.69) is 15.2 Å². The van der Waals surface area contributed by atoms with E-state index in [1.807, 2.05) is 18.0 Å². The number of hydrogen-bond donors (Lipinski definition) is 2. The molecular weight excluding hydrogens is 308 g/mol. The van der Waals surface area contributed by atoms with Crippen LogP contribution in [0.4, 0.5) is 11.6 Å². The quantitative estimate of drug-likeness (QED) is 0.739. The summed E-state index contributed by atoms with van der Waals surface area (Å²) in [5.41, 5.74) is 7.16. The molecular formula is C16H20N6O2. The van der Waals surface area contributed by atoms with Crippen LogP contribution in [0.2, 0.25) is 0 Å². The maximum absolute atomic E-state index is 12.0. The molecule has 2 aromatic rings. The van der Waals surface area contributed by atoms with E-state index in [1.165, 1.54) is 0 Å². The van der Waals surface area contributed by atoms with Gasteiger partial charge in [-0.05, 0) is 31.9 Å². The molecule has 3 N–H and O–H groups in total. The zero-order valence-corrected chi connectivity index (χ0v) is 13.7. The average Bonchev–Trinajstić information content (AvgIpc) is 2.94. The van der Waals surface area contributed by atoms with Crippen molar-refractivity contribution in [3.05, 3.63) is 35.2 Å². The number of rotatable bonds is 7. The van der Waals surface area contributed by atoms with Gasteiger partial charge in [-0.2, -0.15) is 10.4 Å². The fourth-order valence-electron chi connectivity index (χ4n) is 2.37. The molecule has 2 rings (SSSR count). The summed E-state index contributed by atoms with van der Waals surface area (Å²) in [6, 6.07) is 5.45. The minimum Gasteiger partial charge on any atom is -0.462 e. The molecule has 0 aliphatic heterocycles. The third-order valence-corrected chi connectivity index (χ3v) is 3.54. The van der Waals surface area contributed by atoms with E-state index in [9.17, 15) is 4.79 Å². The van der Waals surface area contributed by atoms with E-state index in [4.69, 9.17) is 15.7 Å². The number of nitrogens with two attached hydrogens (primary N) is 1. The van der Waals surface area contributed by atoms with Gasteiger partial charge in [0.15, 0.2) is 5.82 Å². The number of aromatic amines is 1. The molecule has 0 aromatic carbocycles. The second kappa shape index (κ2) is 7.97. The van der Waals surface area contributed by atoms with E-state index in [-0.39, 0.29) is 11.8 Å². The Bertz CT molecular complexity index is 749. The number of nitrogens with one attached hydrogen (secondary N) is 1. The van der Waals surface area contributed by atoms with Crippen LogP contribution in [-0.4, -0.2) is 41.3 Å². The second-order valence-electron chi connectivity index (χ2n) is 5.19. The number of hydrogen-bond acceptors (Lipinski definition) is 7. The summed E-state index contributed by atoms with van der Waals surface area (Å²) in [6.07, 6.45) is 3.00. The van der Waals surface area contributed by atoms with Crippen molar-refractivity contribution in [2.75, 3.05) is 30.8 Å². The summed E-state index contributed by atoms with van der Waals surface area (Å²) in [5.74, 6) is 0.399. The fourth-order valence-corrected chi connectivity index (χ4v) is 2.37. The molecule has 8 heteroatoms. The van der Waals surface area contributed by atoms with Crippen LogP contribution in [-0.2, 0) is 11.2 Å². The molecule has 126 valence electrons. The van der Waals surface area contributed by atoms with E-state index < -0.39 is 0 Å². The molecule has 0 amide bonds. The molecule has 0 spiro atoms. The van der Waals surface area contributed by atoms with E-state index in [0.29, 0.717) is 36.5 Å². The molecule has 0 atom stereocenters. The van der Waals surface area contributed by atoms with Crippen LogP contribution in [0.15, 0.2) is 18.3 Å². The molecule has 0 aliphatic rings. The fraction of sp³-hybridized carbons (Fsp3) is 0.375. The van der Waals surface area contributed by atoms with Crippen LogP contribution < -0.4 is 10.6 Å². The Labute approximate surface area is 140 Å². The summed E-state index contributed by atoms with van der Waals surface area (Å²) in [5, 5.41) is 15.7. The highest BCUT2D eigenvalue weighted by Crippen LogP contribution is 2.18. The second-order valence-corrected chi connectivity index (χ2v) is 5.19. The van der Waals surface area contributed by atoms with Crippen molar-refractivity contribution in [3.63, 3.8) is 0 Å². The van der Waals surface area contributed by atoms with Crippen molar-refractivity contribution in [1.29, 1.82) is 5.26 Å². The van der Waals surface area contributed by atoms with Crippen LogP contribution in [0.5, 0.6) is 0 Å². The minimum atomic E-state index is -0.388. The number of ether oxygens (including phenoxy) is 1. The van der Waals surface area contributed by atoms with Gasteiger partial charge in [0, 0.05) is 19.8 Å². The Morgan fingerprint density at radius 1 is 1.54 bits per heavy atom. The topological polar surface area (TPSA) is 121 Å². The number of carbonyl (C=O) groups is 1. The highest BCUT2D eigenvalue weighted by atomic mass is 16.5. The number of nitrogens with zero attached hydrogens (tertiary/aromatic N) is 4. The lowest BCUT2D eigenvalue weighted by Gasteiger charge is -2.20. The number of anilines is 2. The first-order valence-electron chi connectivity index (χ1n) is 7.64. The van der Waals surface area contributed by atoms with Crippen LogP contribution in [0, 0.1) is 11.3 Å². The lowest BCUT2D eigenvalue weighted by molar-refractivity contribution is 0.0526. The van der Waals surface area contributed by atoms with Crippen molar-refractivity contribution in [3.8, 4) is 6.07 Å². The number of aromatic nitrogens is 3. The number of esters is 1. The maximum atomic E-state index is 12.0. The third kappa shape index (κ3) is 3.81. The Kier molecular flexibility index (Phi) is 5.73. The number of aryl methyl sites for hydroxylation is 1. The summed E-state index contributed by atoms with van der Waals surface area (Å²) in [6.45, 7) is 2.73.